The largest absolute Gasteiger partial charge is 0.444 e. The highest BCUT2D eigenvalue weighted by atomic mass is 16.5. The zero-order valence-electron chi connectivity index (χ0n) is 14.3. The van der Waals surface area contributed by atoms with Gasteiger partial charge in [0.05, 0.1) is 5.52 Å². The summed E-state index contributed by atoms with van der Waals surface area (Å²) in [6.45, 7) is 0. The number of nitrogens with zero attached hydrogens (tertiary/aromatic N) is 1. The van der Waals surface area contributed by atoms with Gasteiger partial charge in [-0.1, -0.05) is 78.9 Å². The number of ether oxygens (including phenoxy) is 1. The van der Waals surface area contributed by atoms with E-state index in [2.05, 4.69) is 10.2 Å². The standard InChI is InChI=1S/C22H16N2O3/c25-20(15-9-3-1-4-10-15)21(16-11-5-2-6-12-16)27-22(26)19-17-13-7-8-14-18(17)23-24-19/h1-14,21H,(H,23,24)/t21-/m0/s1. The van der Waals surface area contributed by atoms with Crippen molar-refractivity contribution in [3.05, 3.63) is 102 Å². The number of nitrogens with one attached hydrogen (secondary N) is 1. The number of fused-ring (bicyclic) bond motifs is 1. The van der Waals surface area contributed by atoms with Crippen LogP contribution in [0.5, 0.6) is 0 Å². The number of carbonyl (C=O) groups excluding carboxylic acids is 2. The maximum atomic E-state index is 13.0. The monoisotopic (exact) mass is 356 g/mol. The Morgan fingerprint density at radius 1 is 0.815 bits per heavy atom. The summed E-state index contributed by atoms with van der Waals surface area (Å²) in [5.74, 6) is -0.930. The van der Waals surface area contributed by atoms with Gasteiger partial charge in [-0.3, -0.25) is 9.89 Å². The second-order valence-corrected chi connectivity index (χ2v) is 6.04. The Kier molecular flexibility index (Phi) is 4.49. The fourth-order valence-corrected chi connectivity index (χ4v) is 2.94. The van der Waals surface area contributed by atoms with Crippen molar-refractivity contribution in [2.75, 3.05) is 0 Å². The quantitative estimate of drug-likeness (QED) is 0.426. The smallest absolute Gasteiger partial charge is 0.360 e. The van der Waals surface area contributed by atoms with E-state index in [1.54, 1.807) is 54.6 Å². The SMILES string of the molecule is O=C(O[C@H](C(=O)c1ccccc1)c1ccccc1)c1n[nH]c2ccccc12. The Bertz CT molecular complexity index is 1090. The van der Waals surface area contributed by atoms with Gasteiger partial charge in [-0.2, -0.15) is 5.10 Å². The van der Waals surface area contributed by atoms with Gasteiger partial charge in [-0.05, 0) is 6.07 Å². The van der Waals surface area contributed by atoms with Crippen LogP contribution in [0.2, 0.25) is 0 Å². The van der Waals surface area contributed by atoms with Crippen molar-refractivity contribution in [2.45, 2.75) is 6.10 Å². The van der Waals surface area contributed by atoms with E-state index in [4.69, 9.17) is 4.74 Å². The van der Waals surface area contributed by atoms with Crippen LogP contribution in [0.3, 0.4) is 0 Å². The third-order valence-electron chi connectivity index (χ3n) is 4.29. The number of aromatic nitrogens is 2. The molecule has 0 saturated carbocycles. The molecule has 1 N–H and O–H groups in total. The summed E-state index contributed by atoms with van der Waals surface area (Å²) in [4.78, 5) is 25.8. The van der Waals surface area contributed by atoms with Crippen molar-refractivity contribution in [3.63, 3.8) is 0 Å². The minimum Gasteiger partial charge on any atom is -0.444 e. The number of ketones is 1. The number of esters is 1. The molecule has 0 aliphatic carbocycles. The van der Waals surface area contributed by atoms with Gasteiger partial charge in [0.2, 0.25) is 5.78 Å². The van der Waals surface area contributed by atoms with Gasteiger partial charge in [0.1, 0.15) is 0 Å². The van der Waals surface area contributed by atoms with Gasteiger partial charge >= 0.3 is 5.97 Å². The third-order valence-corrected chi connectivity index (χ3v) is 4.29. The lowest BCUT2D eigenvalue weighted by Gasteiger charge is -2.17. The molecule has 5 heteroatoms. The Morgan fingerprint density at radius 2 is 1.44 bits per heavy atom. The summed E-state index contributed by atoms with van der Waals surface area (Å²) in [6, 6.07) is 25.0. The fourth-order valence-electron chi connectivity index (χ4n) is 2.94. The maximum absolute atomic E-state index is 13.0. The average molecular weight is 356 g/mol. The number of para-hydroxylation sites is 1. The van der Waals surface area contributed by atoms with Gasteiger partial charge in [-0.25, -0.2) is 4.79 Å². The molecule has 0 fully saturated rings. The molecular formula is C22H16N2O3. The minimum atomic E-state index is -1.04. The Hall–Kier alpha value is -3.73. The number of Topliss-reactive ketones (excluding diaryl/α,β-unsaturated/α-hetero) is 1. The van der Waals surface area contributed by atoms with E-state index in [9.17, 15) is 9.59 Å². The van der Waals surface area contributed by atoms with Gasteiger partial charge in [0, 0.05) is 16.5 Å². The molecule has 1 atom stereocenters. The number of H-pyrrole nitrogens is 1. The first-order chi connectivity index (χ1) is 13.2. The molecule has 0 bridgehead atoms. The van der Waals surface area contributed by atoms with Gasteiger partial charge in [0.25, 0.3) is 0 Å². The van der Waals surface area contributed by atoms with Crippen LogP contribution in [0.15, 0.2) is 84.9 Å². The van der Waals surface area contributed by atoms with E-state index in [0.29, 0.717) is 16.5 Å². The highest BCUT2D eigenvalue weighted by Gasteiger charge is 2.28. The van der Waals surface area contributed by atoms with Crippen LogP contribution in [0.4, 0.5) is 0 Å². The number of aromatic amines is 1. The van der Waals surface area contributed by atoms with E-state index >= 15 is 0 Å². The van der Waals surface area contributed by atoms with E-state index in [0.717, 1.165) is 5.52 Å². The molecule has 0 aliphatic heterocycles. The summed E-state index contributed by atoms with van der Waals surface area (Å²) < 4.78 is 5.63. The number of hydrogen-bond donors (Lipinski definition) is 1. The highest BCUT2D eigenvalue weighted by Crippen LogP contribution is 2.25. The molecule has 27 heavy (non-hydrogen) atoms. The number of carbonyl (C=O) groups is 2. The first kappa shape index (κ1) is 16.7. The molecule has 0 radical (unpaired) electrons. The normalized spacial score (nSPS) is 11.9. The second kappa shape index (κ2) is 7.25. The molecule has 132 valence electrons. The molecule has 3 aromatic carbocycles. The second-order valence-electron chi connectivity index (χ2n) is 6.04. The van der Waals surface area contributed by atoms with Gasteiger partial charge in [-0.15, -0.1) is 0 Å². The van der Waals surface area contributed by atoms with Crippen molar-refractivity contribution in [3.8, 4) is 0 Å². The van der Waals surface area contributed by atoms with Crippen LogP contribution in [0.25, 0.3) is 10.9 Å². The van der Waals surface area contributed by atoms with Crippen molar-refractivity contribution < 1.29 is 14.3 Å². The van der Waals surface area contributed by atoms with Crippen LogP contribution in [0.1, 0.15) is 32.5 Å². The molecule has 0 aliphatic rings. The molecular weight excluding hydrogens is 340 g/mol. The van der Waals surface area contributed by atoms with Crippen molar-refractivity contribution in [1.82, 2.24) is 10.2 Å². The van der Waals surface area contributed by atoms with Gasteiger partial charge in [0.15, 0.2) is 11.8 Å². The van der Waals surface area contributed by atoms with Crippen molar-refractivity contribution in [2.24, 2.45) is 0 Å². The third kappa shape index (κ3) is 3.35. The molecule has 0 saturated heterocycles. The predicted octanol–water partition coefficient (Wildman–Crippen LogP) is 4.34. The predicted molar refractivity (Wildman–Crippen MR) is 101 cm³/mol. The average Bonchev–Trinajstić information content (AvgIpc) is 3.17. The van der Waals surface area contributed by atoms with Crippen molar-refractivity contribution >= 4 is 22.7 Å². The van der Waals surface area contributed by atoms with E-state index < -0.39 is 12.1 Å². The Labute approximate surface area is 155 Å². The summed E-state index contributed by atoms with van der Waals surface area (Å²) in [5.41, 5.74) is 1.98. The topological polar surface area (TPSA) is 72.1 Å². The van der Waals surface area contributed by atoms with E-state index in [1.807, 2.05) is 30.3 Å². The van der Waals surface area contributed by atoms with E-state index in [1.165, 1.54) is 0 Å². The van der Waals surface area contributed by atoms with Gasteiger partial charge < -0.3 is 4.74 Å². The number of hydrogen-bond acceptors (Lipinski definition) is 4. The molecule has 5 nitrogen and oxygen atoms in total. The lowest BCUT2D eigenvalue weighted by atomic mass is 10.00. The summed E-state index contributed by atoms with van der Waals surface area (Å²) >= 11 is 0. The van der Waals surface area contributed by atoms with Crippen LogP contribution < -0.4 is 0 Å². The zero-order chi connectivity index (χ0) is 18.6. The Balaban J connectivity index is 1.69. The lowest BCUT2D eigenvalue weighted by molar-refractivity contribution is 0.0276. The molecule has 0 spiro atoms. The van der Waals surface area contributed by atoms with E-state index in [-0.39, 0.29) is 11.5 Å². The zero-order valence-corrected chi connectivity index (χ0v) is 14.3. The van der Waals surface area contributed by atoms with Crippen LogP contribution >= 0.6 is 0 Å². The Morgan fingerprint density at radius 3 is 2.19 bits per heavy atom. The van der Waals surface area contributed by atoms with Crippen molar-refractivity contribution in [1.29, 1.82) is 0 Å². The maximum Gasteiger partial charge on any atom is 0.360 e. The molecule has 1 heterocycles. The summed E-state index contributed by atoms with van der Waals surface area (Å²) in [6.07, 6.45) is -1.04. The minimum absolute atomic E-state index is 0.160. The van der Waals surface area contributed by atoms with Crippen LogP contribution in [0, 0.1) is 0 Å². The molecule has 4 rings (SSSR count). The number of rotatable bonds is 5. The molecule has 1 aromatic heterocycles. The lowest BCUT2D eigenvalue weighted by Crippen LogP contribution is -2.20. The fraction of sp³-hybridized carbons (Fsp3) is 0.0455. The molecule has 0 amide bonds. The first-order valence-corrected chi connectivity index (χ1v) is 8.52. The first-order valence-electron chi connectivity index (χ1n) is 8.52. The van der Waals surface area contributed by atoms with Crippen LogP contribution in [-0.4, -0.2) is 21.9 Å². The van der Waals surface area contributed by atoms with Crippen LogP contribution in [-0.2, 0) is 4.74 Å². The number of benzene rings is 3. The highest BCUT2D eigenvalue weighted by molar-refractivity contribution is 6.05. The molecule has 4 aromatic rings. The molecule has 0 unspecified atom stereocenters. The summed E-state index contributed by atoms with van der Waals surface area (Å²) in [5, 5.41) is 7.52. The summed E-state index contributed by atoms with van der Waals surface area (Å²) in [7, 11) is 0.